The maximum Gasteiger partial charge on any atom is 0.263 e. The molecule has 0 saturated carbocycles. The molecule has 150 valence electrons. The fourth-order valence-corrected chi connectivity index (χ4v) is 2.98. The SMILES string of the molecule is COc1ccc(-c2cc(NC(=O)COc3ccccc3)n(-c3ccccc3)n2)cc1. The predicted molar refractivity (Wildman–Crippen MR) is 116 cm³/mol. The minimum atomic E-state index is -0.266. The Balaban J connectivity index is 1.58. The number of amides is 1. The molecule has 1 aromatic heterocycles. The van der Waals surface area contributed by atoms with Crippen LogP contribution in [0.4, 0.5) is 5.82 Å². The Labute approximate surface area is 174 Å². The average Bonchev–Trinajstić information content (AvgIpc) is 3.22. The summed E-state index contributed by atoms with van der Waals surface area (Å²) in [6, 6.07) is 28.3. The average molecular weight is 399 g/mol. The summed E-state index contributed by atoms with van der Waals surface area (Å²) in [5.41, 5.74) is 2.50. The molecule has 1 N–H and O–H groups in total. The molecule has 1 heterocycles. The molecule has 4 rings (SSSR count). The van der Waals surface area contributed by atoms with Crippen molar-refractivity contribution in [1.29, 1.82) is 0 Å². The van der Waals surface area contributed by atoms with E-state index in [1.165, 1.54) is 0 Å². The highest BCUT2D eigenvalue weighted by Crippen LogP contribution is 2.26. The van der Waals surface area contributed by atoms with E-state index in [4.69, 9.17) is 14.6 Å². The minimum Gasteiger partial charge on any atom is -0.497 e. The molecule has 0 spiro atoms. The third-order valence-electron chi connectivity index (χ3n) is 4.48. The number of carbonyl (C=O) groups excluding carboxylic acids is 1. The lowest BCUT2D eigenvalue weighted by molar-refractivity contribution is -0.118. The van der Waals surface area contributed by atoms with E-state index in [1.54, 1.807) is 11.8 Å². The maximum absolute atomic E-state index is 12.5. The summed E-state index contributed by atoms with van der Waals surface area (Å²) in [6.45, 7) is -0.0954. The Hall–Kier alpha value is -4.06. The number of nitrogens with one attached hydrogen (secondary N) is 1. The highest BCUT2D eigenvalue weighted by atomic mass is 16.5. The quantitative estimate of drug-likeness (QED) is 0.495. The summed E-state index contributed by atoms with van der Waals surface area (Å²) in [5, 5.41) is 7.60. The van der Waals surface area contributed by atoms with E-state index >= 15 is 0 Å². The Bertz CT molecular complexity index is 1110. The molecule has 30 heavy (non-hydrogen) atoms. The Morgan fingerprint density at radius 1 is 0.900 bits per heavy atom. The van der Waals surface area contributed by atoms with Crippen molar-refractivity contribution in [2.24, 2.45) is 0 Å². The molecule has 0 fully saturated rings. The first-order valence-corrected chi connectivity index (χ1v) is 9.50. The molecule has 6 nitrogen and oxygen atoms in total. The van der Waals surface area contributed by atoms with Gasteiger partial charge in [-0.2, -0.15) is 5.10 Å². The monoisotopic (exact) mass is 399 g/mol. The van der Waals surface area contributed by atoms with Crippen LogP contribution < -0.4 is 14.8 Å². The highest BCUT2D eigenvalue weighted by Gasteiger charge is 2.14. The van der Waals surface area contributed by atoms with Gasteiger partial charge in [-0.3, -0.25) is 4.79 Å². The van der Waals surface area contributed by atoms with Gasteiger partial charge >= 0.3 is 0 Å². The van der Waals surface area contributed by atoms with Crippen molar-refractivity contribution in [3.05, 3.63) is 91.0 Å². The number of rotatable bonds is 7. The highest BCUT2D eigenvalue weighted by molar-refractivity contribution is 5.92. The molecule has 0 atom stereocenters. The maximum atomic E-state index is 12.5. The van der Waals surface area contributed by atoms with Crippen molar-refractivity contribution < 1.29 is 14.3 Å². The zero-order valence-corrected chi connectivity index (χ0v) is 16.5. The Morgan fingerprint density at radius 3 is 2.23 bits per heavy atom. The summed E-state index contributed by atoms with van der Waals surface area (Å²) in [7, 11) is 1.63. The fourth-order valence-electron chi connectivity index (χ4n) is 2.98. The number of hydrogen-bond donors (Lipinski definition) is 1. The summed E-state index contributed by atoms with van der Waals surface area (Å²) in [4.78, 5) is 12.5. The van der Waals surface area contributed by atoms with Gasteiger partial charge in [-0.1, -0.05) is 36.4 Å². The molecule has 3 aromatic carbocycles. The van der Waals surface area contributed by atoms with Crippen LogP contribution in [0.5, 0.6) is 11.5 Å². The predicted octanol–water partition coefficient (Wildman–Crippen LogP) is 4.57. The number of benzene rings is 3. The summed E-state index contributed by atoms with van der Waals surface area (Å²) in [5.74, 6) is 1.71. The van der Waals surface area contributed by atoms with Crippen LogP contribution in [0.2, 0.25) is 0 Å². The molecule has 1 amide bonds. The largest absolute Gasteiger partial charge is 0.497 e. The van der Waals surface area contributed by atoms with E-state index in [-0.39, 0.29) is 12.5 Å². The second-order valence-corrected chi connectivity index (χ2v) is 6.54. The van der Waals surface area contributed by atoms with Crippen molar-refractivity contribution in [1.82, 2.24) is 9.78 Å². The molecule has 4 aromatic rings. The number of aromatic nitrogens is 2. The second-order valence-electron chi connectivity index (χ2n) is 6.54. The number of methoxy groups -OCH3 is 1. The van der Waals surface area contributed by atoms with Gasteiger partial charge in [0.25, 0.3) is 5.91 Å². The van der Waals surface area contributed by atoms with Crippen molar-refractivity contribution in [2.45, 2.75) is 0 Å². The van der Waals surface area contributed by atoms with Gasteiger partial charge in [-0.25, -0.2) is 4.68 Å². The van der Waals surface area contributed by atoms with Gasteiger partial charge in [0.15, 0.2) is 6.61 Å². The molecule has 0 radical (unpaired) electrons. The Kier molecular flexibility index (Phi) is 5.75. The lowest BCUT2D eigenvalue weighted by Gasteiger charge is -2.09. The normalized spacial score (nSPS) is 10.4. The summed E-state index contributed by atoms with van der Waals surface area (Å²) >= 11 is 0. The Morgan fingerprint density at radius 2 is 1.57 bits per heavy atom. The number of para-hydroxylation sites is 2. The van der Waals surface area contributed by atoms with Crippen LogP contribution in [-0.2, 0) is 4.79 Å². The molecule has 0 aliphatic rings. The van der Waals surface area contributed by atoms with Crippen LogP contribution in [0.25, 0.3) is 16.9 Å². The summed E-state index contributed by atoms with van der Waals surface area (Å²) in [6.07, 6.45) is 0. The molecule has 0 aliphatic heterocycles. The van der Waals surface area contributed by atoms with E-state index in [1.807, 2.05) is 91.0 Å². The number of ether oxygens (including phenoxy) is 2. The second kappa shape index (κ2) is 8.96. The number of nitrogens with zero attached hydrogens (tertiary/aromatic N) is 2. The van der Waals surface area contributed by atoms with Gasteiger partial charge in [-0.05, 0) is 48.5 Å². The smallest absolute Gasteiger partial charge is 0.263 e. The third kappa shape index (κ3) is 4.50. The van der Waals surface area contributed by atoms with Crippen LogP contribution in [-0.4, -0.2) is 29.4 Å². The van der Waals surface area contributed by atoms with Crippen molar-refractivity contribution in [2.75, 3.05) is 19.0 Å². The molecular formula is C24H21N3O3. The van der Waals surface area contributed by atoms with Crippen LogP contribution in [0.15, 0.2) is 91.0 Å². The number of anilines is 1. The van der Waals surface area contributed by atoms with E-state index in [0.717, 1.165) is 22.7 Å². The molecule has 0 aliphatic carbocycles. The van der Waals surface area contributed by atoms with Gasteiger partial charge in [0, 0.05) is 11.6 Å². The number of carbonyl (C=O) groups is 1. The summed E-state index contributed by atoms with van der Waals surface area (Å²) < 4.78 is 12.5. The first kappa shape index (κ1) is 19.3. The first-order valence-electron chi connectivity index (χ1n) is 9.50. The van der Waals surface area contributed by atoms with Gasteiger partial charge in [0.1, 0.15) is 17.3 Å². The van der Waals surface area contributed by atoms with Gasteiger partial charge in [-0.15, -0.1) is 0 Å². The molecule has 6 heteroatoms. The lowest BCUT2D eigenvalue weighted by atomic mass is 10.1. The minimum absolute atomic E-state index is 0.0954. The zero-order chi connectivity index (χ0) is 20.8. The van der Waals surface area contributed by atoms with Crippen LogP contribution >= 0.6 is 0 Å². The van der Waals surface area contributed by atoms with E-state index in [9.17, 15) is 4.79 Å². The first-order chi connectivity index (χ1) is 14.7. The lowest BCUT2D eigenvalue weighted by Crippen LogP contribution is -2.21. The van der Waals surface area contributed by atoms with Gasteiger partial charge < -0.3 is 14.8 Å². The zero-order valence-electron chi connectivity index (χ0n) is 16.5. The van der Waals surface area contributed by atoms with Crippen LogP contribution in [0.1, 0.15) is 0 Å². The van der Waals surface area contributed by atoms with Crippen molar-refractivity contribution in [3.8, 4) is 28.4 Å². The van der Waals surface area contributed by atoms with Gasteiger partial charge in [0.05, 0.1) is 18.5 Å². The molecule has 0 unspecified atom stereocenters. The number of hydrogen-bond acceptors (Lipinski definition) is 4. The molecule has 0 bridgehead atoms. The van der Waals surface area contributed by atoms with Crippen LogP contribution in [0, 0.1) is 0 Å². The van der Waals surface area contributed by atoms with Crippen molar-refractivity contribution in [3.63, 3.8) is 0 Å². The molecular weight excluding hydrogens is 378 g/mol. The molecule has 0 saturated heterocycles. The van der Waals surface area contributed by atoms with Crippen LogP contribution in [0.3, 0.4) is 0 Å². The van der Waals surface area contributed by atoms with E-state index < -0.39 is 0 Å². The topological polar surface area (TPSA) is 65.4 Å². The van der Waals surface area contributed by atoms with Gasteiger partial charge in [0.2, 0.25) is 0 Å². The van der Waals surface area contributed by atoms with E-state index in [0.29, 0.717) is 11.6 Å². The standard InChI is InChI=1S/C24H21N3O3/c1-29-20-14-12-18(13-15-20)22-16-23(27(26-22)19-8-4-2-5-9-19)25-24(28)17-30-21-10-6-3-7-11-21/h2-16H,17H2,1H3,(H,25,28). The van der Waals surface area contributed by atoms with E-state index in [2.05, 4.69) is 5.32 Å². The third-order valence-corrected chi connectivity index (χ3v) is 4.48. The van der Waals surface area contributed by atoms with Crippen molar-refractivity contribution >= 4 is 11.7 Å². The fraction of sp³-hybridized carbons (Fsp3) is 0.0833.